The summed E-state index contributed by atoms with van der Waals surface area (Å²) < 4.78 is 25.9. The number of ether oxygens (including phenoxy) is 3. The second kappa shape index (κ2) is 13.9. The number of piperazine rings is 1. The van der Waals surface area contributed by atoms with Crippen LogP contribution in [0, 0.1) is 6.92 Å². The van der Waals surface area contributed by atoms with Crippen LogP contribution in [0.3, 0.4) is 0 Å². The fourth-order valence-electron chi connectivity index (χ4n) is 5.95. The van der Waals surface area contributed by atoms with E-state index in [1.165, 1.54) is 6.33 Å². The number of aryl methyl sites for hydroxylation is 1. The van der Waals surface area contributed by atoms with Crippen LogP contribution in [0.1, 0.15) is 21.9 Å². The first-order valence-electron chi connectivity index (χ1n) is 15.6. The molecule has 248 valence electrons. The van der Waals surface area contributed by atoms with Crippen molar-refractivity contribution in [2.75, 3.05) is 54.5 Å². The predicted molar refractivity (Wildman–Crippen MR) is 183 cm³/mol. The summed E-state index contributed by atoms with van der Waals surface area (Å²) in [4.78, 5) is 21.1. The lowest BCUT2D eigenvalue weighted by atomic mass is 10.1. The highest BCUT2D eigenvalue weighted by Gasteiger charge is 2.45. The van der Waals surface area contributed by atoms with Crippen LogP contribution in [0.15, 0.2) is 95.9 Å². The third-order valence-electron chi connectivity index (χ3n) is 8.41. The van der Waals surface area contributed by atoms with Gasteiger partial charge >= 0.3 is 0 Å². The molecule has 3 aromatic carbocycles. The van der Waals surface area contributed by atoms with E-state index in [1.54, 1.807) is 35.3 Å². The van der Waals surface area contributed by atoms with Crippen molar-refractivity contribution in [3.63, 3.8) is 0 Å². The minimum absolute atomic E-state index is 0.261. The van der Waals surface area contributed by atoms with Crippen molar-refractivity contribution < 1.29 is 23.4 Å². The average Bonchev–Trinajstić information content (AvgIpc) is 3.87. The van der Waals surface area contributed by atoms with E-state index in [0.29, 0.717) is 40.3 Å². The van der Waals surface area contributed by atoms with Crippen molar-refractivity contribution in [1.29, 1.82) is 0 Å². The number of amides is 1. The van der Waals surface area contributed by atoms with Gasteiger partial charge in [-0.15, -0.1) is 0 Å². The molecular formula is C35H34Cl2N6O5. The van der Waals surface area contributed by atoms with Gasteiger partial charge in [0, 0.05) is 53.8 Å². The summed E-state index contributed by atoms with van der Waals surface area (Å²) in [7, 11) is 0. The molecule has 5 aromatic rings. The molecule has 48 heavy (non-hydrogen) atoms. The smallest absolute Gasteiger partial charge is 0.291 e. The maximum atomic E-state index is 12.4. The zero-order valence-electron chi connectivity index (χ0n) is 26.2. The largest absolute Gasteiger partial charge is 0.491 e. The molecule has 2 aromatic heterocycles. The summed E-state index contributed by atoms with van der Waals surface area (Å²) in [6.45, 7) is 6.21. The van der Waals surface area contributed by atoms with Gasteiger partial charge in [-0.05, 0) is 79.7 Å². The number of benzene rings is 3. The number of nitrogens with zero attached hydrogens (tertiary/aromatic N) is 5. The first kappa shape index (κ1) is 32.0. The van der Waals surface area contributed by atoms with Crippen molar-refractivity contribution in [2.45, 2.75) is 25.4 Å². The molecule has 0 radical (unpaired) electrons. The van der Waals surface area contributed by atoms with Crippen LogP contribution in [0.2, 0.25) is 10.0 Å². The van der Waals surface area contributed by atoms with Crippen LogP contribution in [0.4, 0.5) is 17.1 Å². The Labute approximate surface area is 287 Å². The standard InChI is InChI=1S/C35H34Cl2N6O5/c1-24-2-13-33(47-24)34(44)40-26-4-6-27(7-5-26)41-14-16-42(17-15-41)28-8-10-29(11-9-28)45-19-30-20-46-35(48-30,21-43-23-38-22-39-43)31-12-3-25(36)18-32(31)37/h2-13,18,22-23,30H,14-17,19-21H2,1H3,(H,40,44)/t30-,35-/m1/s1. The predicted octanol–water partition coefficient (Wildman–Crippen LogP) is 6.41. The lowest BCUT2D eigenvalue weighted by molar-refractivity contribution is -0.190. The number of rotatable bonds is 10. The molecule has 0 aliphatic carbocycles. The molecule has 2 fully saturated rings. The molecular weight excluding hydrogens is 655 g/mol. The lowest BCUT2D eigenvalue weighted by Crippen LogP contribution is -2.46. The van der Waals surface area contributed by atoms with Crippen molar-refractivity contribution in [3.05, 3.63) is 119 Å². The minimum Gasteiger partial charge on any atom is -0.491 e. The number of hydrogen-bond acceptors (Lipinski definition) is 9. The lowest BCUT2D eigenvalue weighted by Gasteiger charge is -2.37. The molecule has 2 saturated heterocycles. The number of anilines is 3. The highest BCUT2D eigenvalue weighted by Crippen LogP contribution is 2.40. The van der Waals surface area contributed by atoms with Crippen LogP contribution in [-0.2, 0) is 21.8 Å². The molecule has 0 unspecified atom stereocenters. The first-order chi connectivity index (χ1) is 23.3. The summed E-state index contributed by atoms with van der Waals surface area (Å²) >= 11 is 12.7. The molecule has 7 rings (SSSR count). The Kier molecular flexibility index (Phi) is 9.27. The van der Waals surface area contributed by atoms with Crippen molar-refractivity contribution >= 4 is 46.2 Å². The molecule has 13 heteroatoms. The Hall–Kier alpha value is -4.55. The second-order valence-electron chi connectivity index (χ2n) is 11.7. The third kappa shape index (κ3) is 7.14. The van der Waals surface area contributed by atoms with E-state index in [4.69, 9.17) is 41.8 Å². The van der Waals surface area contributed by atoms with Gasteiger partial charge in [0.1, 0.15) is 43.4 Å². The Morgan fingerprint density at radius 1 is 0.958 bits per heavy atom. The molecule has 11 nitrogen and oxygen atoms in total. The number of nitrogens with one attached hydrogen (secondary N) is 1. The average molecular weight is 690 g/mol. The van der Waals surface area contributed by atoms with Gasteiger partial charge in [0.25, 0.3) is 5.91 Å². The van der Waals surface area contributed by atoms with Gasteiger partial charge in [-0.1, -0.05) is 29.3 Å². The highest BCUT2D eigenvalue weighted by atomic mass is 35.5. The van der Waals surface area contributed by atoms with Crippen LogP contribution < -0.4 is 19.9 Å². The number of carbonyl (C=O) groups is 1. The van der Waals surface area contributed by atoms with E-state index < -0.39 is 5.79 Å². The minimum atomic E-state index is -1.16. The summed E-state index contributed by atoms with van der Waals surface area (Å²) in [6.07, 6.45) is 2.73. The molecule has 4 heterocycles. The SMILES string of the molecule is Cc1ccc(C(=O)Nc2ccc(N3CCN(c4ccc(OC[C@@H]5CO[C@@](Cn6cncn6)(c6ccc(Cl)cc6Cl)O5)cc4)CC3)cc2)o1. The fourth-order valence-corrected chi connectivity index (χ4v) is 6.50. The van der Waals surface area contributed by atoms with Crippen LogP contribution in [0.25, 0.3) is 0 Å². The number of carbonyl (C=O) groups excluding carboxylic acids is 1. The van der Waals surface area contributed by atoms with E-state index in [2.05, 4.69) is 37.3 Å². The summed E-state index contributed by atoms with van der Waals surface area (Å²) in [6, 6.07) is 24.7. The Balaban J connectivity index is 0.906. The van der Waals surface area contributed by atoms with Gasteiger partial charge < -0.3 is 33.7 Å². The van der Waals surface area contributed by atoms with Crippen molar-refractivity contribution in [3.8, 4) is 5.75 Å². The molecule has 2 aliphatic rings. The second-order valence-corrected chi connectivity index (χ2v) is 12.6. The van der Waals surface area contributed by atoms with E-state index in [0.717, 1.165) is 49.0 Å². The summed E-state index contributed by atoms with van der Waals surface area (Å²) in [5.41, 5.74) is 3.64. The maximum Gasteiger partial charge on any atom is 0.291 e. The monoisotopic (exact) mass is 688 g/mol. The molecule has 2 aliphatic heterocycles. The van der Waals surface area contributed by atoms with Crippen molar-refractivity contribution in [1.82, 2.24) is 14.8 Å². The van der Waals surface area contributed by atoms with Gasteiger partial charge in [-0.3, -0.25) is 4.79 Å². The zero-order chi connectivity index (χ0) is 33.1. The molecule has 0 saturated carbocycles. The molecule has 1 amide bonds. The Morgan fingerprint density at radius 2 is 1.67 bits per heavy atom. The fraction of sp³-hybridized carbons (Fsp3) is 0.286. The third-order valence-corrected chi connectivity index (χ3v) is 8.96. The number of halogens is 2. The van der Waals surface area contributed by atoms with E-state index in [-0.39, 0.29) is 18.6 Å². The summed E-state index contributed by atoms with van der Waals surface area (Å²) in [5.74, 6) is 0.324. The molecule has 2 atom stereocenters. The van der Waals surface area contributed by atoms with Crippen LogP contribution in [0.5, 0.6) is 5.75 Å². The number of aromatic nitrogens is 3. The van der Waals surface area contributed by atoms with Gasteiger partial charge in [0.2, 0.25) is 5.79 Å². The topological polar surface area (TPSA) is 107 Å². The van der Waals surface area contributed by atoms with Crippen molar-refractivity contribution in [2.24, 2.45) is 0 Å². The zero-order valence-corrected chi connectivity index (χ0v) is 27.7. The van der Waals surface area contributed by atoms with Crippen LogP contribution in [-0.4, -0.2) is 66.2 Å². The van der Waals surface area contributed by atoms with E-state index >= 15 is 0 Å². The molecule has 1 N–H and O–H groups in total. The molecule has 0 spiro atoms. The maximum absolute atomic E-state index is 12.4. The van der Waals surface area contributed by atoms with Gasteiger partial charge in [0.05, 0.1) is 11.6 Å². The van der Waals surface area contributed by atoms with E-state index in [1.807, 2.05) is 49.4 Å². The molecule has 0 bridgehead atoms. The van der Waals surface area contributed by atoms with Crippen LogP contribution >= 0.6 is 23.2 Å². The summed E-state index contributed by atoms with van der Waals surface area (Å²) in [5, 5.41) is 8.08. The quantitative estimate of drug-likeness (QED) is 0.178. The van der Waals surface area contributed by atoms with Gasteiger partial charge in [-0.2, -0.15) is 5.10 Å². The Morgan fingerprint density at radius 3 is 2.29 bits per heavy atom. The van der Waals surface area contributed by atoms with Gasteiger partial charge in [-0.25, -0.2) is 9.67 Å². The van der Waals surface area contributed by atoms with Gasteiger partial charge in [0.15, 0.2) is 5.76 Å². The van der Waals surface area contributed by atoms with E-state index in [9.17, 15) is 4.79 Å². The number of furan rings is 1. The first-order valence-corrected chi connectivity index (χ1v) is 16.4. The highest BCUT2D eigenvalue weighted by molar-refractivity contribution is 6.35. The number of hydrogen-bond donors (Lipinski definition) is 1. The Bertz CT molecular complexity index is 1840. The normalized spacial score (nSPS) is 19.4.